The van der Waals surface area contributed by atoms with Gasteiger partial charge in [0.15, 0.2) is 6.10 Å². The van der Waals surface area contributed by atoms with E-state index in [1.165, 1.54) is 26.2 Å². The van der Waals surface area contributed by atoms with Crippen LogP contribution in [0.1, 0.15) is 64.0 Å². The number of anilines is 2. The SMILES string of the molecule is CC(C)CN(c1ccc(OC(C)C(=O)O)cc1NC(=O)Cc1ccc(C#N)cc1)C1CCCCC1. The van der Waals surface area contributed by atoms with Gasteiger partial charge in [0.1, 0.15) is 5.75 Å². The van der Waals surface area contributed by atoms with E-state index in [1.54, 1.807) is 36.4 Å². The minimum Gasteiger partial charge on any atom is -0.479 e. The molecule has 0 aliphatic heterocycles. The zero-order valence-electron chi connectivity index (χ0n) is 20.8. The molecule has 1 unspecified atom stereocenters. The van der Waals surface area contributed by atoms with Gasteiger partial charge in [-0.05, 0) is 55.5 Å². The van der Waals surface area contributed by atoms with Crippen molar-refractivity contribution in [2.24, 2.45) is 5.92 Å². The fourth-order valence-electron chi connectivity index (χ4n) is 4.50. The molecule has 1 fully saturated rings. The number of rotatable bonds is 10. The Labute approximate surface area is 207 Å². The predicted octanol–water partition coefficient (Wildman–Crippen LogP) is 5.39. The summed E-state index contributed by atoms with van der Waals surface area (Å²) in [4.78, 5) is 26.7. The molecular formula is C28H35N3O4. The monoisotopic (exact) mass is 477 g/mol. The van der Waals surface area contributed by atoms with E-state index >= 15 is 0 Å². The van der Waals surface area contributed by atoms with Crippen LogP contribution < -0.4 is 15.0 Å². The number of carboxylic acids is 1. The maximum absolute atomic E-state index is 13.0. The zero-order valence-corrected chi connectivity index (χ0v) is 20.8. The van der Waals surface area contributed by atoms with E-state index in [0.29, 0.717) is 29.0 Å². The van der Waals surface area contributed by atoms with Crippen molar-refractivity contribution >= 4 is 23.3 Å². The Hall–Kier alpha value is -3.53. The third-order valence-corrected chi connectivity index (χ3v) is 6.24. The number of carbonyl (C=O) groups is 2. The number of ether oxygens (including phenoxy) is 1. The van der Waals surface area contributed by atoms with Gasteiger partial charge in [-0.15, -0.1) is 0 Å². The summed E-state index contributed by atoms with van der Waals surface area (Å²) in [6, 6.07) is 14.9. The minimum absolute atomic E-state index is 0.162. The minimum atomic E-state index is -1.05. The van der Waals surface area contributed by atoms with Crippen LogP contribution in [0.2, 0.25) is 0 Å². The van der Waals surface area contributed by atoms with Crippen molar-refractivity contribution in [3.05, 3.63) is 53.6 Å². The molecule has 1 aliphatic carbocycles. The standard InChI is InChI=1S/C28H35N3O4/c1-19(2)18-31(23-7-5-4-6-8-23)26-14-13-24(35-20(3)28(33)34)16-25(26)30-27(32)15-21-9-11-22(17-29)12-10-21/h9-14,16,19-20,23H,4-8,15,18H2,1-3H3,(H,30,32)(H,33,34). The van der Waals surface area contributed by atoms with Gasteiger partial charge in [0.25, 0.3) is 0 Å². The summed E-state index contributed by atoms with van der Waals surface area (Å²) in [5.74, 6) is -0.413. The number of carboxylic acid groups (broad SMARTS) is 1. The van der Waals surface area contributed by atoms with Crippen molar-refractivity contribution in [1.29, 1.82) is 5.26 Å². The lowest BCUT2D eigenvalue weighted by atomic mass is 9.93. The lowest BCUT2D eigenvalue weighted by Gasteiger charge is -2.38. The first-order valence-electron chi connectivity index (χ1n) is 12.4. The highest BCUT2D eigenvalue weighted by atomic mass is 16.5. The fraction of sp³-hybridized carbons (Fsp3) is 0.464. The number of nitriles is 1. The Kier molecular flexibility index (Phi) is 9.13. The molecule has 2 aromatic rings. The van der Waals surface area contributed by atoms with E-state index in [1.807, 2.05) is 6.07 Å². The molecule has 1 atom stereocenters. The van der Waals surface area contributed by atoms with Crippen LogP contribution in [0.3, 0.4) is 0 Å². The van der Waals surface area contributed by atoms with Gasteiger partial charge in [-0.3, -0.25) is 4.79 Å². The summed E-state index contributed by atoms with van der Waals surface area (Å²) in [6.07, 6.45) is 5.01. The van der Waals surface area contributed by atoms with Crippen molar-refractivity contribution in [2.75, 3.05) is 16.8 Å². The van der Waals surface area contributed by atoms with Crippen LogP contribution in [0.4, 0.5) is 11.4 Å². The maximum Gasteiger partial charge on any atom is 0.344 e. The number of carbonyl (C=O) groups excluding carboxylic acids is 1. The first kappa shape index (κ1) is 26.1. The quantitative estimate of drug-likeness (QED) is 0.476. The molecular weight excluding hydrogens is 442 g/mol. The van der Waals surface area contributed by atoms with Crippen LogP contribution in [0.5, 0.6) is 5.75 Å². The molecule has 1 saturated carbocycles. The second-order valence-electron chi connectivity index (χ2n) is 9.65. The number of hydrogen-bond acceptors (Lipinski definition) is 5. The summed E-state index contributed by atoms with van der Waals surface area (Å²) in [7, 11) is 0. The molecule has 0 aromatic heterocycles. The molecule has 0 bridgehead atoms. The zero-order chi connectivity index (χ0) is 25.4. The van der Waals surface area contributed by atoms with Crippen LogP contribution in [0, 0.1) is 17.2 Å². The van der Waals surface area contributed by atoms with Crippen LogP contribution in [0.15, 0.2) is 42.5 Å². The second kappa shape index (κ2) is 12.3. The van der Waals surface area contributed by atoms with Crippen LogP contribution >= 0.6 is 0 Å². The van der Waals surface area contributed by atoms with E-state index in [4.69, 9.17) is 10.00 Å². The van der Waals surface area contributed by atoms with Crippen molar-refractivity contribution < 1.29 is 19.4 Å². The van der Waals surface area contributed by atoms with E-state index < -0.39 is 12.1 Å². The molecule has 0 saturated heterocycles. The molecule has 2 N–H and O–H groups in total. The number of aliphatic carboxylic acids is 1. The topological polar surface area (TPSA) is 103 Å². The number of amides is 1. The first-order chi connectivity index (χ1) is 16.8. The van der Waals surface area contributed by atoms with Crippen LogP contribution in [-0.4, -0.2) is 35.7 Å². The number of nitrogens with one attached hydrogen (secondary N) is 1. The molecule has 0 radical (unpaired) electrons. The van der Waals surface area contributed by atoms with Gasteiger partial charge < -0.3 is 20.1 Å². The summed E-state index contributed by atoms with van der Waals surface area (Å²) < 4.78 is 5.60. The lowest BCUT2D eigenvalue weighted by Crippen LogP contribution is -2.40. The lowest BCUT2D eigenvalue weighted by molar-refractivity contribution is -0.144. The largest absolute Gasteiger partial charge is 0.479 e. The summed E-state index contributed by atoms with van der Waals surface area (Å²) in [5, 5.41) is 21.3. The van der Waals surface area contributed by atoms with Crippen LogP contribution in [-0.2, 0) is 16.0 Å². The van der Waals surface area contributed by atoms with Crippen molar-refractivity contribution in [3.63, 3.8) is 0 Å². The molecule has 0 spiro atoms. The average Bonchev–Trinajstić information content (AvgIpc) is 2.84. The summed E-state index contributed by atoms with van der Waals surface area (Å²) in [5.41, 5.74) is 2.89. The van der Waals surface area contributed by atoms with Gasteiger partial charge in [-0.25, -0.2) is 4.79 Å². The van der Waals surface area contributed by atoms with Crippen LogP contribution in [0.25, 0.3) is 0 Å². The van der Waals surface area contributed by atoms with E-state index in [0.717, 1.165) is 30.6 Å². The van der Waals surface area contributed by atoms with Gasteiger partial charge in [0.2, 0.25) is 5.91 Å². The smallest absolute Gasteiger partial charge is 0.344 e. The van der Waals surface area contributed by atoms with E-state index in [-0.39, 0.29) is 12.3 Å². The van der Waals surface area contributed by atoms with Crippen molar-refractivity contribution in [2.45, 2.75) is 71.4 Å². The second-order valence-corrected chi connectivity index (χ2v) is 9.65. The summed E-state index contributed by atoms with van der Waals surface area (Å²) >= 11 is 0. The molecule has 7 heteroatoms. The Balaban J connectivity index is 1.91. The normalized spacial score (nSPS) is 14.7. The Morgan fingerprint density at radius 1 is 1.11 bits per heavy atom. The Bertz CT molecular complexity index is 1050. The van der Waals surface area contributed by atoms with E-state index in [9.17, 15) is 14.7 Å². The van der Waals surface area contributed by atoms with Gasteiger partial charge >= 0.3 is 5.97 Å². The Morgan fingerprint density at radius 2 is 1.80 bits per heavy atom. The highest BCUT2D eigenvalue weighted by Crippen LogP contribution is 2.36. The molecule has 3 rings (SSSR count). The number of benzene rings is 2. The van der Waals surface area contributed by atoms with Crippen molar-refractivity contribution in [1.82, 2.24) is 0 Å². The maximum atomic E-state index is 13.0. The Morgan fingerprint density at radius 3 is 2.40 bits per heavy atom. The molecule has 186 valence electrons. The number of nitrogens with zero attached hydrogens (tertiary/aromatic N) is 2. The molecule has 0 heterocycles. The number of hydrogen-bond donors (Lipinski definition) is 2. The van der Waals surface area contributed by atoms with E-state index in [2.05, 4.69) is 30.1 Å². The highest BCUT2D eigenvalue weighted by Gasteiger charge is 2.25. The molecule has 7 nitrogen and oxygen atoms in total. The third-order valence-electron chi connectivity index (χ3n) is 6.24. The van der Waals surface area contributed by atoms with Crippen molar-refractivity contribution in [3.8, 4) is 11.8 Å². The van der Waals surface area contributed by atoms with Gasteiger partial charge in [0, 0.05) is 18.7 Å². The average molecular weight is 478 g/mol. The summed E-state index contributed by atoms with van der Waals surface area (Å²) in [6.45, 7) is 6.71. The van der Waals surface area contributed by atoms with Gasteiger partial charge in [-0.1, -0.05) is 45.2 Å². The fourth-order valence-corrected chi connectivity index (χ4v) is 4.50. The van der Waals surface area contributed by atoms with Gasteiger partial charge in [-0.2, -0.15) is 5.26 Å². The molecule has 1 aliphatic rings. The molecule has 35 heavy (non-hydrogen) atoms. The highest BCUT2D eigenvalue weighted by molar-refractivity contribution is 5.96. The predicted molar refractivity (Wildman–Crippen MR) is 137 cm³/mol. The molecule has 1 amide bonds. The first-order valence-corrected chi connectivity index (χ1v) is 12.4. The molecule has 2 aromatic carbocycles. The third kappa shape index (κ3) is 7.48. The van der Waals surface area contributed by atoms with Gasteiger partial charge in [0.05, 0.1) is 29.4 Å².